The van der Waals surface area contributed by atoms with Crippen molar-refractivity contribution >= 4 is 17.5 Å². The van der Waals surface area contributed by atoms with Crippen molar-refractivity contribution in [1.82, 2.24) is 10.6 Å². The summed E-state index contributed by atoms with van der Waals surface area (Å²) in [4.78, 5) is 34.4. The first-order valence-corrected chi connectivity index (χ1v) is 8.08. The number of halogens is 2. The van der Waals surface area contributed by atoms with Gasteiger partial charge in [-0.15, -0.1) is 0 Å². The second-order valence-electron chi connectivity index (χ2n) is 5.79. The Hall–Kier alpha value is -3.56. The summed E-state index contributed by atoms with van der Waals surface area (Å²) in [5.41, 5.74) is -0.0510. The number of nitrogens with zero attached hydrogens (tertiary/aromatic N) is 1. The van der Waals surface area contributed by atoms with E-state index in [9.17, 15) is 28.5 Å². The third-order valence-electron chi connectivity index (χ3n) is 3.87. The first-order chi connectivity index (χ1) is 13.2. The minimum absolute atomic E-state index is 0.000326. The van der Waals surface area contributed by atoms with Gasteiger partial charge < -0.3 is 15.4 Å². The molecule has 10 heteroatoms. The number of nitro benzene ring substituents is 1. The highest BCUT2D eigenvalue weighted by atomic mass is 19.2. The third-order valence-corrected chi connectivity index (χ3v) is 3.87. The molecule has 0 radical (unpaired) electrons. The molecule has 0 aromatic heterocycles. The van der Waals surface area contributed by atoms with Gasteiger partial charge in [0, 0.05) is 11.6 Å². The van der Waals surface area contributed by atoms with Crippen LogP contribution < -0.4 is 15.4 Å². The van der Waals surface area contributed by atoms with Crippen LogP contribution in [0.2, 0.25) is 0 Å². The Morgan fingerprint density at radius 2 is 1.89 bits per heavy atom. The molecule has 148 valence electrons. The zero-order chi connectivity index (χ0) is 20.8. The molecule has 0 saturated carbocycles. The quantitative estimate of drug-likeness (QED) is 0.555. The standard InChI is InChI=1S/C18H17F2N3O5/c1-10(11-3-5-13(19)14(20)7-11)22-17(24)9-21-18(25)12-4-6-16(28-2)15(8-12)23(26)27/h3-8,10H,9H2,1-2H3,(H,21,25)(H,22,24)/t10-/m0/s1. The lowest BCUT2D eigenvalue weighted by Gasteiger charge is -2.15. The fourth-order valence-electron chi connectivity index (χ4n) is 2.39. The summed E-state index contributed by atoms with van der Waals surface area (Å²) in [6, 6.07) is 6.26. The van der Waals surface area contributed by atoms with Crippen LogP contribution in [0.4, 0.5) is 14.5 Å². The number of amides is 2. The number of ether oxygens (including phenoxy) is 1. The minimum Gasteiger partial charge on any atom is -0.490 e. The molecule has 2 N–H and O–H groups in total. The van der Waals surface area contributed by atoms with Crippen LogP contribution in [0.1, 0.15) is 28.9 Å². The van der Waals surface area contributed by atoms with E-state index in [1.807, 2.05) is 0 Å². The molecule has 0 aliphatic carbocycles. The van der Waals surface area contributed by atoms with Crippen LogP contribution >= 0.6 is 0 Å². The van der Waals surface area contributed by atoms with Crippen LogP contribution in [0, 0.1) is 21.7 Å². The molecule has 0 unspecified atom stereocenters. The fourth-order valence-corrected chi connectivity index (χ4v) is 2.39. The maximum atomic E-state index is 13.3. The molecule has 2 aromatic carbocycles. The molecule has 0 heterocycles. The number of carbonyl (C=O) groups excluding carboxylic acids is 2. The molecule has 1 atom stereocenters. The summed E-state index contributed by atoms with van der Waals surface area (Å²) < 4.78 is 31.1. The second kappa shape index (κ2) is 8.89. The highest BCUT2D eigenvalue weighted by molar-refractivity contribution is 5.97. The summed E-state index contributed by atoms with van der Waals surface area (Å²) in [5.74, 6) is -3.30. The zero-order valence-electron chi connectivity index (χ0n) is 15.0. The number of nitro groups is 1. The van der Waals surface area contributed by atoms with Gasteiger partial charge in [-0.05, 0) is 36.8 Å². The van der Waals surface area contributed by atoms with E-state index < -0.39 is 41.0 Å². The van der Waals surface area contributed by atoms with Crippen molar-refractivity contribution < 1.29 is 28.0 Å². The average molecular weight is 393 g/mol. The number of nitrogens with one attached hydrogen (secondary N) is 2. The van der Waals surface area contributed by atoms with E-state index in [1.54, 1.807) is 6.92 Å². The Morgan fingerprint density at radius 1 is 1.18 bits per heavy atom. The predicted octanol–water partition coefficient (Wildman–Crippen LogP) is 2.49. The number of benzene rings is 2. The maximum Gasteiger partial charge on any atom is 0.311 e. The van der Waals surface area contributed by atoms with E-state index in [0.29, 0.717) is 5.56 Å². The maximum absolute atomic E-state index is 13.3. The van der Waals surface area contributed by atoms with Crippen molar-refractivity contribution in [3.05, 3.63) is 69.3 Å². The van der Waals surface area contributed by atoms with Gasteiger partial charge in [-0.2, -0.15) is 0 Å². The average Bonchev–Trinajstić information content (AvgIpc) is 2.67. The molecular formula is C18H17F2N3O5. The molecule has 2 aromatic rings. The third kappa shape index (κ3) is 5.00. The lowest BCUT2D eigenvalue weighted by atomic mass is 10.1. The monoisotopic (exact) mass is 393 g/mol. The number of carbonyl (C=O) groups is 2. The van der Waals surface area contributed by atoms with Gasteiger partial charge in [0.05, 0.1) is 24.6 Å². The van der Waals surface area contributed by atoms with E-state index in [2.05, 4.69) is 10.6 Å². The molecule has 28 heavy (non-hydrogen) atoms. The molecule has 0 bridgehead atoms. The largest absolute Gasteiger partial charge is 0.490 e. The van der Waals surface area contributed by atoms with E-state index in [0.717, 1.165) is 18.2 Å². The lowest BCUT2D eigenvalue weighted by molar-refractivity contribution is -0.385. The summed E-state index contributed by atoms with van der Waals surface area (Å²) in [6.07, 6.45) is 0. The van der Waals surface area contributed by atoms with Gasteiger partial charge in [0.25, 0.3) is 5.91 Å². The smallest absolute Gasteiger partial charge is 0.311 e. The molecule has 0 saturated heterocycles. The molecular weight excluding hydrogens is 376 g/mol. The van der Waals surface area contributed by atoms with Crippen molar-refractivity contribution in [3.8, 4) is 5.75 Å². The summed E-state index contributed by atoms with van der Waals surface area (Å²) >= 11 is 0. The molecule has 8 nitrogen and oxygen atoms in total. The number of methoxy groups -OCH3 is 1. The number of rotatable bonds is 7. The Balaban J connectivity index is 1.96. The van der Waals surface area contributed by atoms with Crippen LogP contribution in [-0.4, -0.2) is 30.4 Å². The zero-order valence-corrected chi connectivity index (χ0v) is 15.0. The normalized spacial score (nSPS) is 11.4. The van der Waals surface area contributed by atoms with Crippen LogP contribution in [0.15, 0.2) is 36.4 Å². The van der Waals surface area contributed by atoms with Gasteiger partial charge in [-0.25, -0.2) is 8.78 Å². The van der Waals surface area contributed by atoms with Crippen molar-refractivity contribution in [2.45, 2.75) is 13.0 Å². The Morgan fingerprint density at radius 3 is 2.50 bits per heavy atom. The fraction of sp³-hybridized carbons (Fsp3) is 0.222. The Kier molecular flexibility index (Phi) is 6.59. The first-order valence-electron chi connectivity index (χ1n) is 8.08. The molecule has 2 amide bonds. The minimum atomic E-state index is -1.03. The van der Waals surface area contributed by atoms with E-state index in [-0.39, 0.29) is 17.0 Å². The Labute approximate surface area is 158 Å². The number of hydrogen-bond donors (Lipinski definition) is 2. The van der Waals surface area contributed by atoms with Crippen molar-refractivity contribution in [3.63, 3.8) is 0 Å². The van der Waals surface area contributed by atoms with E-state index in [4.69, 9.17) is 4.74 Å². The van der Waals surface area contributed by atoms with Crippen molar-refractivity contribution in [2.75, 3.05) is 13.7 Å². The van der Waals surface area contributed by atoms with Crippen LogP contribution in [-0.2, 0) is 4.79 Å². The molecule has 2 rings (SSSR count). The Bertz CT molecular complexity index is 920. The van der Waals surface area contributed by atoms with Gasteiger partial charge in [-0.3, -0.25) is 19.7 Å². The summed E-state index contributed by atoms with van der Waals surface area (Å²) in [7, 11) is 1.26. The topological polar surface area (TPSA) is 111 Å². The van der Waals surface area contributed by atoms with Crippen LogP contribution in [0.5, 0.6) is 5.75 Å². The SMILES string of the molecule is COc1ccc(C(=O)NCC(=O)N[C@@H](C)c2ccc(F)c(F)c2)cc1[N+](=O)[O-]. The van der Waals surface area contributed by atoms with Gasteiger partial charge in [0.15, 0.2) is 17.4 Å². The molecule has 0 aliphatic heterocycles. The second-order valence-corrected chi connectivity index (χ2v) is 5.79. The van der Waals surface area contributed by atoms with Crippen molar-refractivity contribution in [2.24, 2.45) is 0 Å². The molecule has 0 aliphatic rings. The van der Waals surface area contributed by atoms with E-state index in [1.165, 1.54) is 25.3 Å². The van der Waals surface area contributed by atoms with Gasteiger partial charge >= 0.3 is 5.69 Å². The lowest BCUT2D eigenvalue weighted by Crippen LogP contribution is -2.38. The number of hydrogen-bond acceptors (Lipinski definition) is 5. The van der Waals surface area contributed by atoms with E-state index >= 15 is 0 Å². The first kappa shape index (κ1) is 20.7. The van der Waals surface area contributed by atoms with Gasteiger partial charge in [0.1, 0.15) is 0 Å². The predicted molar refractivity (Wildman–Crippen MR) is 94.9 cm³/mol. The molecule has 0 spiro atoms. The highest BCUT2D eigenvalue weighted by Crippen LogP contribution is 2.27. The van der Waals surface area contributed by atoms with Gasteiger partial charge in [0.2, 0.25) is 5.91 Å². The highest BCUT2D eigenvalue weighted by Gasteiger charge is 2.19. The summed E-state index contributed by atoms with van der Waals surface area (Å²) in [5, 5.41) is 15.9. The van der Waals surface area contributed by atoms with Crippen LogP contribution in [0.25, 0.3) is 0 Å². The van der Waals surface area contributed by atoms with Crippen LogP contribution in [0.3, 0.4) is 0 Å². The van der Waals surface area contributed by atoms with Gasteiger partial charge in [-0.1, -0.05) is 6.07 Å². The summed E-state index contributed by atoms with van der Waals surface area (Å²) in [6.45, 7) is 1.16. The van der Waals surface area contributed by atoms with Crippen molar-refractivity contribution in [1.29, 1.82) is 0 Å². The molecule has 0 fully saturated rings.